The first-order valence-electron chi connectivity index (χ1n) is 9.70. The van der Waals surface area contributed by atoms with Gasteiger partial charge in [-0.3, -0.25) is 9.89 Å². The molecule has 162 valence electrons. The molecule has 9 heteroatoms. The van der Waals surface area contributed by atoms with E-state index in [4.69, 9.17) is 0 Å². The van der Waals surface area contributed by atoms with Crippen LogP contribution in [0.15, 0.2) is 21.8 Å². The number of rotatable bonds is 8. The van der Waals surface area contributed by atoms with Crippen molar-refractivity contribution in [3.63, 3.8) is 0 Å². The van der Waals surface area contributed by atoms with Crippen molar-refractivity contribution >= 4 is 41.3 Å². The van der Waals surface area contributed by atoms with E-state index in [1.807, 2.05) is 6.92 Å². The molecular weight excluding hydrogens is 500 g/mol. The van der Waals surface area contributed by atoms with Gasteiger partial charge in [-0.25, -0.2) is 0 Å². The van der Waals surface area contributed by atoms with Gasteiger partial charge in [0.2, 0.25) is 0 Å². The molecule has 1 aliphatic heterocycles. The van der Waals surface area contributed by atoms with Gasteiger partial charge in [0.1, 0.15) is 0 Å². The van der Waals surface area contributed by atoms with Crippen LogP contribution in [0.2, 0.25) is 0 Å². The van der Waals surface area contributed by atoms with E-state index in [0.717, 1.165) is 44.9 Å². The predicted octanol–water partition coefficient (Wildman–Crippen LogP) is 4.69. The van der Waals surface area contributed by atoms with Crippen molar-refractivity contribution < 1.29 is 13.2 Å². The average molecular weight is 532 g/mol. The third kappa shape index (κ3) is 9.78. The largest absolute Gasteiger partial charge is 0.401 e. The molecule has 1 aromatic rings. The van der Waals surface area contributed by atoms with E-state index >= 15 is 0 Å². The van der Waals surface area contributed by atoms with Gasteiger partial charge in [-0.05, 0) is 67.6 Å². The number of halogens is 4. The van der Waals surface area contributed by atoms with E-state index < -0.39 is 12.7 Å². The second-order valence-corrected chi connectivity index (χ2v) is 8.01. The van der Waals surface area contributed by atoms with Crippen LogP contribution in [0.25, 0.3) is 0 Å². The number of alkyl halides is 3. The van der Waals surface area contributed by atoms with Crippen LogP contribution >= 0.6 is 35.3 Å². The summed E-state index contributed by atoms with van der Waals surface area (Å²) >= 11 is 1.70. The molecule has 2 N–H and O–H groups in total. The summed E-state index contributed by atoms with van der Waals surface area (Å²) < 4.78 is 37.3. The maximum absolute atomic E-state index is 12.4. The fraction of sp³-hybridized carbons (Fsp3) is 0.737. The van der Waals surface area contributed by atoms with Crippen molar-refractivity contribution in [2.75, 3.05) is 39.3 Å². The van der Waals surface area contributed by atoms with Crippen LogP contribution in [0.5, 0.6) is 0 Å². The standard InChI is InChI=1S/C19H31F3N4S.HI/c1-3-23-18(25-12-15(2)17-7-11-27-13-17)24-8-4-16-5-9-26(10-6-16)14-19(20,21)22;/h7,11,13,15-16H,3-6,8-10,12,14H2,1-2H3,(H2,23,24,25);1H. The van der Waals surface area contributed by atoms with Crippen molar-refractivity contribution in [3.05, 3.63) is 22.4 Å². The van der Waals surface area contributed by atoms with Crippen LogP contribution in [0, 0.1) is 5.92 Å². The van der Waals surface area contributed by atoms with E-state index in [0.29, 0.717) is 24.9 Å². The molecule has 1 fully saturated rings. The second kappa shape index (κ2) is 12.9. The lowest BCUT2D eigenvalue weighted by molar-refractivity contribution is -0.148. The lowest BCUT2D eigenvalue weighted by Gasteiger charge is -2.32. The molecule has 0 radical (unpaired) electrons. The Hall–Kier alpha value is -0.550. The Morgan fingerprint density at radius 3 is 2.61 bits per heavy atom. The summed E-state index contributed by atoms with van der Waals surface area (Å²) in [5, 5.41) is 10.9. The summed E-state index contributed by atoms with van der Waals surface area (Å²) in [6.07, 6.45) is -1.46. The lowest BCUT2D eigenvalue weighted by atomic mass is 9.93. The zero-order chi connectivity index (χ0) is 19.7. The van der Waals surface area contributed by atoms with E-state index in [1.54, 1.807) is 11.3 Å². The molecule has 2 rings (SSSR count). The molecule has 0 saturated carbocycles. The third-order valence-electron chi connectivity index (χ3n) is 4.93. The van der Waals surface area contributed by atoms with Gasteiger partial charge < -0.3 is 10.6 Å². The molecule has 0 spiro atoms. The number of aliphatic imine (C=N–C) groups is 1. The smallest absolute Gasteiger partial charge is 0.357 e. The molecule has 1 aromatic heterocycles. The van der Waals surface area contributed by atoms with Crippen molar-refractivity contribution in [2.45, 2.75) is 45.2 Å². The summed E-state index contributed by atoms with van der Waals surface area (Å²) in [5.74, 6) is 1.67. The molecular formula is C19H32F3IN4S. The number of nitrogens with one attached hydrogen (secondary N) is 2. The second-order valence-electron chi connectivity index (χ2n) is 7.23. The van der Waals surface area contributed by atoms with E-state index in [2.05, 4.69) is 39.4 Å². The van der Waals surface area contributed by atoms with Gasteiger partial charge in [0, 0.05) is 25.6 Å². The summed E-state index contributed by atoms with van der Waals surface area (Å²) in [5.41, 5.74) is 1.31. The molecule has 1 saturated heterocycles. The Morgan fingerprint density at radius 2 is 2.04 bits per heavy atom. The molecule has 1 aliphatic rings. The van der Waals surface area contributed by atoms with Crippen LogP contribution in [0.1, 0.15) is 44.6 Å². The monoisotopic (exact) mass is 532 g/mol. The quantitative estimate of drug-likeness (QED) is 0.290. The fourth-order valence-corrected chi connectivity index (χ4v) is 4.09. The van der Waals surface area contributed by atoms with Crippen molar-refractivity contribution in [1.29, 1.82) is 0 Å². The zero-order valence-electron chi connectivity index (χ0n) is 16.6. The van der Waals surface area contributed by atoms with Gasteiger partial charge in [0.15, 0.2) is 5.96 Å². The van der Waals surface area contributed by atoms with Gasteiger partial charge in [-0.2, -0.15) is 24.5 Å². The number of piperidine rings is 1. The minimum absolute atomic E-state index is 0. The molecule has 0 bridgehead atoms. The first-order valence-corrected chi connectivity index (χ1v) is 10.6. The van der Waals surface area contributed by atoms with Crippen LogP contribution in [-0.4, -0.2) is 56.3 Å². The van der Waals surface area contributed by atoms with Crippen molar-refractivity contribution in [1.82, 2.24) is 15.5 Å². The Labute approximate surface area is 187 Å². The molecule has 2 heterocycles. The maximum atomic E-state index is 12.4. The van der Waals surface area contributed by atoms with Crippen LogP contribution in [0.3, 0.4) is 0 Å². The van der Waals surface area contributed by atoms with Crippen molar-refractivity contribution in [3.8, 4) is 0 Å². The summed E-state index contributed by atoms with van der Waals surface area (Å²) in [4.78, 5) is 6.19. The summed E-state index contributed by atoms with van der Waals surface area (Å²) in [6, 6.07) is 2.14. The highest BCUT2D eigenvalue weighted by Gasteiger charge is 2.32. The highest BCUT2D eigenvalue weighted by molar-refractivity contribution is 14.0. The Balaban J connectivity index is 0.00000392. The molecule has 1 atom stereocenters. The van der Waals surface area contributed by atoms with E-state index in [9.17, 15) is 13.2 Å². The Kier molecular flexibility index (Phi) is 11.7. The summed E-state index contributed by atoms with van der Waals surface area (Å²) in [7, 11) is 0. The van der Waals surface area contributed by atoms with Crippen molar-refractivity contribution in [2.24, 2.45) is 10.9 Å². The molecule has 4 nitrogen and oxygen atoms in total. The zero-order valence-corrected chi connectivity index (χ0v) is 19.7. The third-order valence-corrected chi connectivity index (χ3v) is 5.64. The number of nitrogens with zero attached hydrogens (tertiary/aromatic N) is 2. The van der Waals surface area contributed by atoms with Gasteiger partial charge in [-0.1, -0.05) is 6.92 Å². The number of likely N-dealkylation sites (tertiary alicyclic amines) is 1. The Bertz CT molecular complexity index is 558. The number of hydrogen-bond donors (Lipinski definition) is 2. The summed E-state index contributed by atoms with van der Waals surface area (Å²) in [6.45, 7) is 6.82. The molecule has 0 amide bonds. The minimum atomic E-state index is -4.09. The first kappa shape index (κ1) is 25.5. The predicted molar refractivity (Wildman–Crippen MR) is 122 cm³/mol. The average Bonchev–Trinajstić information content (AvgIpc) is 3.14. The molecule has 1 unspecified atom stereocenters. The van der Waals surface area contributed by atoms with E-state index in [1.165, 1.54) is 10.5 Å². The lowest BCUT2D eigenvalue weighted by Crippen LogP contribution is -2.41. The Morgan fingerprint density at radius 1 is 1.32 bits per heavy atom. The minimum Gasteiger partial charge on any atom is -0.357 e. The fourth-order valence-electron chi connectivity index (χ4n) is 3.31. The molecule has 0 aliphatic carbocycles. The van der Waals surface area contributed by atoms with Crippen LogP contribution in [0.4, 0.5) is 13.2 Å². The highest BCUT2D eigenvalue weighted by atomic mass is 127. The SMILES string of the molecule is CCNC(=NCC(C)c1ccsc1)NCCC1CCN(CC(F)(F)F)CC1.I. The van der Waals surface area contributed by atoms with Crippen LogP contribution < -0.4 is 10.6 Å². The number of thiophene rings is 1. The topological polar surface area (TPSA) is 39.7 Å². The highest BCUT2D eigenvalue weighted by Crippen LogP contribution is 2.24. The van der Waals surface area contributed by atoms with Gasteiger partial charge in [0.25, 0.3) is 0 Å². The van der Waals surface area contributed by atoms with Gasteiger partial charge >= 0.3 is 6.18 Å². The maximum Gasteiger partial charge on any atom is 0.401 e. The first-order chi connectivity index (χ1) is 12.9. The number of guanidine groups is 1. The van der Waals surface area contributed by atoms with Gasteiger partial charge in [0.05, 0.1) is 6.54 Å². The molecule has 28 heavy (non-hydrogen) atoms. The van der Waals surface area contributed by atoms with Gasteiger partial charge in [-0.15, -0.1) is 24.0 Å². The van der Waals surface area contributed by atoms with E-state index in [-0.39, 0.29) is 24.0 Å². The molecule has 0 aromatic carbocycles. The normalized spacial score (nSPS) is 17.8. The number of hydrogen-bond acceptors (Lipinski definition) is 3. The van der Waals surface area contributed by atoms with Crippen LogP contribution in [-0.2, 0) is 0 Å².